The molecule has 0 spiro atoms. The smallest absolute Gasteiger partial charge is 0.255 e. The summed E-state index contributed by atoms with van der Waals surface area (Å²) in [5.74, 6) is 0.898. The van der Waals surface area contributed by atoms with Gasteiger partial charge in [0.05, 0.1) is 11.0 Å². The second kappa shape index (κ2) is 7.98. The Hall–Kier alpha value is -2.92. The lowest BCUT2D eigenvalue weighted by molar-refractivity contribution is 0.102. The number of fused-ring (bicyclic) bond motifs is 1. The van der Waals surface area contributed by atoms with Gasteiger partial charge in [-0.3, -0.25) is 4.79 Å². The number of aryl methyl sites for hydroxylation is 3. The van der Waals surface area contributed by atoms with Crippen molar-refractivity contribution in [2.45, 2.75) is 12.8 Å². The van der Waals surface area contributed by atoms with Crippen LogP contribution in [0.15, 0.2) is 77.3 Å². The third-order valence-corrected chi connectivity index (χ3v) is 5.29. The van der Waals surface area contributed by atoms with E-state index in [1.165, 1.54) is 5.56 Å². The molecule has 1 N–H and O–H groups in total. The number of rotatable bonds is 5. The van der Waals surface area contributed by atoms with Crippen molar-refractivity contribution in [3.63, 3.8) is 0 Å². The molecular weight excluding hydrogens is 414 g/mol. The number of nitrogens with zero attached hydrogens (tertiary/aromatic N) is 2. The maximum Gasteiger partial charge on any atom is 0.255 e. The second-order valence-corrected chi connectivity index (χ2v) is 7.66. The van der Waals surface area contributed by atoms with Crippen LogP contribution in [0.2, 0.25) is 0 Å². The zero-order chi connectivity index (χ0) is 19.5. The minimum Gasteiger partial charge on any atom is -0.331 e. The predicted molar refractivity (Wildman–Crippen MR) is 117 cm³/mol. The van der Waals surface area contributed by atoms with E-state index in [1.807, 2.05) is 43.4 Å². The topological polar surface area (TPSA) is 46.9 Å². The fourth-order valence-electron chi connectivity index (χ4n) is 3.28. The van der Waals surface area contributed by atoms with Crippen molar-refractivity contribution in [1.82, 2.24) is 9.55 Å². The third-order valence-electron chi connectivity index (χ3n) is 4.80. The van der Waals surface area contributed by atoms with E-state index in [0.717, 1.165) is 39.9 Å². The van der Waals surface area contributed by atoms with Gasteiger partial charge in [0.25, 0.3) is 5.91 Å². The van der Waals surface area contributed by atoms with Crippen molar-refractivity contribution in [2.24, 2.45) is 7.05 Å². The second-order valence-electron chi connectivity index (χ2n) is 6.74. The molecule has 0 fully saturated rings. The van der Waals surface area contributed by atoms with Crippen molar-refractivity contribution in [1.29, 1.82) is 0 Å². The lowest BCUT2D eigenvalue weighted by Gasteiger charge is -2.06. The van der Waals surface area contributed by atoms with Crippen LogP contribution in [0.25, 0.3) is 11.0 Å². The molecule has 0 aliphatic carbocycles. The Bertz CT molecular complexity index is 1140. The SMILES string of the molecule is Cn1c(CCc2ccccc2)nc2cc(NC(=O)c3cccc(Br)c3)ccc21. The van der Waals surface area contributed by atoms with Gasteiger partial charge in [-0.15, -0.1) is 0 Å². The van der Waals surface area contributed by atoms with Gasteiger partial charge in [0.2, 0.25) is 0 Å². The molecule has 4 aromatic rings. The highest BCUT2D eigenvalue weighted by atomic mass is 79.9. The van der Waals surface area contributed by atoms with Crippen molar-refractivity contribution in [2.75, 3.05) is 5.32 Å². The van der Waals surface area contributed by atoms with Crippen molar-refractivity contribution in [3.05, 3.63) is 94.2 Å². The average Bonchev–Trinajstić information content (AvgIpc) is 3.02. The summed E-state index contributed by atoms with van der Waals surface area (Å²) < 4.78 is 3.00. The van der Waals surface area contributed by atoms with Crippen molar-refractivity contribution >= 4 is 38.6 Å². The van der Waals surface area contributed by atoms with Gasteiger partial charge in [-0.25, -0.2) is 4.98 Å². The van der Waals surface area contributed by atoms with E-state index in [9.17, 15) is 4.79 Å². The fraction of sp³-hybridized carbons (Fsp3) is 0.130. The number of nitrogens with one attached hydrogen (secondary N) is 1. The Balaban J connectivity index is 1.53. The Labute approximate surface area is 172 Å². The summed E-state index contributed by atoms with van der Waals surface area (Å²) in [6.45, 7) is 0. The number of carbonyl (C=O) groups is 1. The third kappa shape index (κ3) is 3.99. The van der Waals surface area contributed by atoms with E-state index < -0.39 is 0 Å². The van der Waals surface area contributed by atoms with Crippen LogP contribution in [0.1, 0.15) is 21.7 Å². The normalized spacial score (nSPS) is 10.9. The van der Waals surface area contributed by atoms with Crippen molar-refractivity contribution in [3.8, 4) is 0 Å². The molecule has 0 aliphatic rings. The van der Waals surface area contributed by atoms with Gasteiger partial charge in [0.15, 0.2) is 0 Å². The average molecular weight is 434 g/mol. The Kier molecular flexibility index (Phi) is 5.26. The summed E-state index contributed by atoms with van der Waals surface area (Å²) in [7, 11) is 2.04. The highest BCUT2D eigenvalue weighted by Crippen LogP contribution is 2.21. The predicted octanol–water partition coefficient (Wildman–Crippen LogP) is 5.37. The van der Waals surface area contributed by atoms with Gasteiger partial charge in [-0.2, -0.15) is 0 Å². The number of imidazole rings is 1. The molecule has 0 bridgehead atoms. The molecule has 0 aliphatic heterocycles. The minimum absolute atomic E-state index is 0.138. The summed E-state index contributed by atoms with van der Waals surface area (Å²) in [5, 5.41) is 2.96. The highest BCUT2D eigenvalue weighted by molar-refractivity contribution is 9.10. The molecule has 4 rings (SSSR count). The quantitative estimate of drug-likeness (QED) is 0.459. The minimum atomic E-state index is -0.138. The molecule has 1 heterocycles. The van der Waals surface area contributed by atoms with Crippen LogP contribution >= 0.6 is 15.9 Å². The maximum absolute atomic E-state index is 12.5. The molecule has 28 heavy (non-hydrogen) atoms. The number of benzene rings is 3. The van der Waals surface area contributed by atoms with E-state index in [4.69, 9.17) is 4.98 Å². The van der Waals surface area contributed by atoms with Gasteiger partial charge in [-0.1, -0.05) is 52.3 Å². The first kappa shape index (κ1) is 18.4. The number of carbonyl (C=O) groups excluding carboxylic acids is 1. The van der Waals surface area contributed by atoms with Gasteiger partial charge < -0.3 is 9.88 Å². The first-order chi connectivity index (χ1) is 13.6. The monoisotopic (exact) mass is 433 g/mol. The number of anilines is 1. The molecule has 1 amide bonds. The first-order valence-electron chi connectivity index (χ1n) is 9.16. The summed E-state index contributed by atoms with van der Waals surface area (Å²) in [6, 6.07) is 23.6. The number of hydrogen-bond donors (Lipinski definition) is 1. The van der Waals surface area contributed by atoms with Crippen LogP contribution in [0.5, 0.6) is 0 Å². The lowest BCUT2D eigenvalue weighted by atomic mass is 10.1. The number of aromatic nitrogens is 2. The number of hydrogen-bond acceptors (Lipinski definition) is 2. The zero-order valence-corrected chi connectivity index (χ0v) is 17.1. The molecule has 5 heteroatoms. The fourth-order valence-corrected chi connectivity index (χ4v) is 3.68. The van der Waals surface area contributed by atoms with Crippen LogP contribution in [0.4, 0.5) is 5.69 Å². The summed E-state index contributed by atoms with van der Waals surface area (Å²) in [6.07, 6.45) is 1.82. The lowest BCUT2D eigenvalue weighted by Crippen LogP contribution is -2.11. The van der Waals surface area contributed by atoms with Gasteiger partial charge in [-0.05, 0) is 48.4 Å². The standard InChI is InChI=1S/C23H20BrN3O/c1-27-21-12-11-19(25-23(28)17-8-5-9-18(24)14-17)15-20(21)26-22(27)13-10-16-6-3-2-4-7-16/h2-9,11-12,14-15H,10,13H2,1H3,(H,25,28). The van der Waals surface area contributed by atoms with Crippen LogP contribution in [-0.4, -0.2) is 15.5 Å². The van der Waals surface area contributed by atoms with Gasteiger partial charge in [0, 0.05) is 29.2 Å². The largest absolute Gasteiger partial charge is 0.331 e. The molecule has 0 saturated heterocycles. The van der Waals surface area contributed by atoms with E-state index in [0.29, 0.717) is 5.56 Å². The zero-order valence-electron chi connectivity index (χ0n) is 15.5. The molecule has 4 nitrogen and oxygen atoms in total. The first-order valence-corrected chi connectivity index (χ1v) is 9.95. The van der Waals surface area contributed by atoms with Crippen molar-refractivity contribution < 1.29 is 4.79 Å². The van der Waals surface area contributed by atoms with E-state index >= 15 is 0 Å². The molecule has 140 valence electrons. The van der Waals surface area contributed by atoms with Gasteiger partial charge >= 0.3 is 0 Å². The maximum atomic E-state index is 12.5. The molecule has 3 aromatic carbocycles. The van der Waals surface area contributed by atoms with E-state index in [-0.39, 0.29) is 5.91 Å². The Morgan fingerprint density at radius 3 is 2.61 bits per heavy atom. The van der Waals surface area contributed by atoms with E-state index in [1.54, 1.807) is 12.1 Å². The molecule has 0 radical (unpaired) electrons. The molecular formula is C23H20BrN3O. The van der Waals surface area contributed by atoms with Gasteiger partial charge in [0.1, 0.15) is 5.82 Å². The summed E-state index contributed by atoms with van der Waals surface area (Å²) in [5.41, 5.74) is 4.60. The van der Waals surface area contributed by atoms with Crippen LogP contribution in [-0.2, 0) is 19.9 Å². The molecule has 0 saturated carbocycles. The Morgan fingerprint density at radius 1 is 1.00 bits per heavy atom. The van der Waals surface area contributed by atoms with Crippen LogP contribution < -0.4 is 5.32 Å². The number of halogens is 1. The van der Waals surface area contributed by atoms with Crippen LogP contribution in [0, 0.1) is 0 Å². The van der Waals surface area contributed by atoms with E-state index in [2.05, 4.69) is 50.1 Å². The summed E-state index contributed by atoms with van der Waals surface area (Å²) >= 11 is 3.40. The Morgan fingerprint density at radius 2 is 1.82 bits per heavy atom. The molecule has 1 aromatic heterocycles. The summed E-state index contributed by atoms with van der Waals surface area (Å²) in [4.78, 5) is 17.3. The van der Waals surface area contributed by atoms with Crippen LogP contribution in [0.3, 0.4) is 0 Å². The highest BCUT2D eigenvalue weighted by Gasteiger charge is 2.11. The number of amides is 1. The molecule has 0 unspecified atom stereocenters. The molecule has 0 atom stereocenters.